The average molecular weight is 406 g/mol. The van der Waals surface area contributed by atoms with Gasteiger partial charge in [0.1, 0.15) is 5.75 Å². The number of anilines is 2. The summed E-state index contributed by atoms with van der Waals surface area (Å²) in [4.78, 5) is 34.4. The third-order valence-electron chi connectivity index (χ3n) is 3.57. The Kier molecular flexibility index (Phi) is 4.41. The molecule has 0 aliphatic carbocycles. The van der Waals surface area contributed by atoms with Crippen LogP contribution in [0.1, 0.15) is 17.3 Å². The van der Waals surface area contributed by atoms with E-state index in [1.165, 1.54) is 18.2 Å². The van der Waals surface area contributed by atoms with Crippen molar-refractivity contribution in [1.82, 2.24) is 0 Å². The number of halogens is 1. The smallest absolute Gasteiger partial charge is 0.284 e. The Bertz CT molecular complexity index is 899. The third-order valence-corrected chi connectivity index (χ3v) is 4.24. The Balaban J connectivity index is 1.82. The molecule has 3 rings (SSSR count). The van der Waals surface area contributed by atoms with E-state index in [1.54, 1.807) is 25.1 Å². The number of benzene rings is 2. The minimum Gasteiger partial charge on any atom is -0.479 e. The van der Waals surface area contributed by atoms with Crippen LogP contribution in [0, 0.1) is 10.1 Å². The van der Waals surface area contributed by atoms with E-state index in [0.717, 1.165) is 0 Å². The van der Waals surface area contributed by atoms with Crippen LogP contribution in [0.25, 0.3) is 0 Å². The monoisotopic (exact) mass is 405 g/mol. The number of nitrogens with one attached hydrogen (secondary N) is 2. The summed E-state index contributed by atoms with van der Waals surface area (Å²) in [7, 11) is 0. The molecule has 0 bridgehead atoms. The summed E-state index contributed by atoms with van der Waals surface area (Å²) in [6.45, 7) is 1.63. The van der Waals surface area contributed by atoms with Crippen LogP contribution in [-0.4, -0.2) is 22.8 Å². The molecular formula is C16H12BrN3O5. The average Bonchev–Trinajstić information content (AvgIpc) is 2.56. The van der Waals surface area contributed by atoms with Gasteiger partial charge in [0.15, 0.2) is 6.10 Å². The molecule has 0 saturated carbocycles. The fourth-order valence-electron chi connectivity index (χ4n) is 2.28. The van der Waals surface area contributed by atoms with Crippen molar-refractivity contribution >= 4 is 44.8 Å². The first-order chi connectivity index (χ1) is 11.8. The van der Waals surface area contributed by atoms with Crippen LogP contribution < -0.4 is 15.4 Å². The van der Waals surface area contributed by atoms with Crippen LogP contribution in [0.2, 0.25) is 0 Å². The van der Waals surface area contributed by atoms with Gasteiger partial charge in [0.25, 0.3) is 17.5 Å². The molecular weight excluding hydrogens is 394 g/mol. The molecule has 0 aromatic heterocycles. The van der Waals surface area contributed by atoms with Crippen molar-refractivity contribution in [3.8, 4) is 5.75 Å². The minimum absolute atomic E-state index is 0.140. The number of ether oxygens (including phenoxy) is 1. The zero-order valence-electron chi connectivity index (χ0n) is 12.9. The second-order valence-corrected chi connectivity index (χ2v) is 6.19. The Hall–Kier alpha value is -2.94. The van der Waals surface area contributed by atoms with E-state index in [2.05, 4.69) is 26.6 Å². The number of fused-ring (bicyclic) bond motifs is 1. The molecule has 8 nitrogen and oxygen atoms in total. The largest absolute Gasteiger partial charge is 0.479 e. The van der Waals surface area contributed by atoms with Crippen LogP contribution in [-0.2, 0) is 4.79 Å². The van der Waals surface area contributed by atoms with Crippen LogP contribution in [0.3, 0.4) is 0 Å². The summed E-state index contributed by atoms with van der Waals surface area (Å²) in [6, 6.07) is 8.90. The molecule has 2 amide bonds. The molecule has 1 aliphatic rings. The van der Waals surface area contributed by atoms with Gasteiger partial charge in [-0.05, 0) is 53.2 Å². The zero-order valence-corrected chi connectivity index (χ0v) is 14.5. The fraction of sp³-hybridized carbons (Fsp3) is 0.125. The highest BCUT2D eigenvalue weighted by molar-refractivity contribution is 9.10. The van der Waals surface area contributed by atoms with E-state index >= 15 is 0 Å². The lowest BCUT2D eigenvalue weighted by Crippen LogP contribution is -2.34. The maximum Gasteiger partial charge on any atom is 0.284 e. The molecule has 9 heteroatoms. The first kappa shape index (κ1) is 16.9. The number of nitrogens with zero attached hydrogens (tertiary/aromatic N) is 1. The van der Waals surface area contributed by atoms with Gasteiger partial charge in [0, 0.05) is 17.3 Å². The number of hydrogen-bond donors (Lipinski definition) is 2. The van der Waals surface area contributed by atoms with Gasteiger partial charge in [-0.1, -0.05) is 0 Å². The van der Waals surface area contributed by atoms with E-state index in [-0.39, 0.29) is 21.6 Å². The number of nitro benzene ring substituents is 1. The number of rotatable bonds is 3. The highest BCUT2D eigenvalue weighted by atomic mass is 79.9. The molecule has 1 atom stereocenters. The third kappa shape index (κ3) is 3.45. The number of hydrogen-bond acceptors (Lipinski definition) is 5. The Morgan fingerprint density at radius 1 is 1.32 bits per heavy atom. The molecule has 1 heterocycles. The zero-order chi connectivity index (χ0) is 18.1. The fourth-order valence-corrected chi connectivity index (χ4v) is 2.68. The number of carbonyl (C=O) groups excluding carboxylic acids is 2. The van der Waals surface area contributed by atoms with Gasteiger partial charge in [-0.15, -0.1) is 0 Å². The van der Waals surface area contributed by atoms with E-state index in [1.807, 2.05) is 0 Å². The quantitative estimate of drug-likeness (QED) is 0.600. The maximum absolute atomic E-state index is 12.3. The van der Waals surface area contributed by atoms with E-state index in [4.69, 9.17) is 4.74 Å². The van der Waals surface area contributed by atoms with E-state index in [0.29, 0.717) is 17.1 Å². The topological polar surface area (TPSA) is 111 Å². The van der Waals surface area contributed by atoms with Gasteiger partial charge >= 0.3 is 0 Å². The van der Waals surface area contributed by atoms with Gasteiger partial charge in [-0.3, -0.25) is 19.7 Å². The predicted octanol–water partition coefficient (Wildman–Crippen LogP) is 3.33. The highest BCUT2D eigenvalue weighted by Gasteiger charge is 2.24. The number of carbonyl (C=O) groups is 2. The lowest BCUT2D eigenvalue weighted by molar-refractivity contribution is -0.385. The molecule has 2 aromatic rings. The summed E-state index contributed by atoms with van der Waals surface area (Å²) in [6.07, 6.45) is -0.587. The summed E-state index contributed by atoms with van der Waals surface area (Å²) in [5, 5.41) is 16.3. The van der Waals surface area contributed by atoms with Crippen molar-refractivity contribution in [3.63, 3.8) is 0 Å². The summed E-state index contributed by atoms with van der Waals surface area (Å²) >= 11 is 3.07. The Labute approximate surface area is 150 Å². The van der Waals surface area contributed by atoms with Crippen LogP contribution in [0.15, 0.2) is 40.9 Å². The summed E-state index contributed by atoms with van der Waals surface area (Å²) in [5.41, 5.74) is 0.810. The van der Waals surface area contributed by atoms with Crippen molar-refractivity contribution in [3.05, 3.63) is 56.5 Å². The van der Waals surface area contributed by atoms with Gasteiger partial charge in [-0.2, -0.15) is 0 Å². The SMILES string of the molecule is CC1Oc2ccc(NC(=O)c3ccc(Br)c([N+](=O)[O-])c3)cc2NC1=O. The van der Waals surface area contributed by atoms with Crippen molar-refractivity contribution in [2.75, 3.05) is 10.6 Å². The molecule has 0 saturated heterocycles. The second kappa shape index (κ2) is 6.52. The lowest BCUT2D eigenvalue weighted by Gasteiger charge is -2.23. The van der Waals surface area contributed by atoms with Crippen LogP contribution in [0.5, 0.6) is 5.75 Å². The molecule has 1 unspecified atom stereocenters. The summed E-state index contributed by atoms with van der Waals surface area (Å²) < 4.78 is 5.73. The van der Waals surface area contributed by atoms with Gasteiger partial charge < -0.3 is 15.4 Å². The number of nitro groups is 1. The van der Waals surface area contributed by atoms with Gasteiger partial charge in [0.05, 0.1) is 15.1 Å². The van der Waals surface area contributed by atoms with E-state index < -0.39 is 16.9 Å². The molecule has 128 valence electrons. The predicted molar refractivity (Wildman–Crippen MR) is 93.9 cm³/mol. The van der Waals surface area contributed by atoms with E-state index in [9.17, 15) is 19.7 Å². The highest BCUT2D eigenvalue weighted by Crippen LogP contribution is 2.32. The van der Waals surface area contributed by atoms with Crippen molar-refractivity contribution < 1.29 is 19.2 Å². The van der Waals surface area contributed by atoms with Crippen LogP contribution >= 0.6 is 15.9 Å². The molecule has 0 fully saturated rings. The second-order valence-electron chi connectivity index (χ2n) is 5.34. The van der Waals surface area contributed by atoms with Gasteiger partial charge in [0.2, 0.25) is 0 Å². The van der Waals surface area contributed by atoms with Gasteiger partial charge in [-0.25, -0.2) is 0 Å². The Morgan fingerprint density at radius 3 is 2.80 bits per heavy atom. The molecule has 2 aromatic carbocycles. The minimum atomic E-state index is -0.587. The molecule has 2 N–H and O–H groups in total. The Morgan fingerprint density at radius 2 is 2.08 bits per heavy atom. The standard InChI is InChI=1S/C16H12BrN3O5/c1-8-15(21)19-12-7-10(3-5-14(12)25-8)18-16(22)9-2-4-11(17)13(6-9)20(23)24/h2-8H,1H3,(H,18,22)(H,19,21). The molecule has 1 aliphatic heterocycles. The lowest BCUT2D eigenvalue weighted by atomic mass is 10.1. The van der Waals surface area contributed by atoms with Crippen molar-refractivity contribution in [2.45, 2.75) is 13.0 Å². The van der Waals surface area contributed by atoms with Crippen molar-refractivity contribution in [2.24, 2.45) is 0 Å². The molecule has 0 spiro atoms. The molecule has 0 radical (unpaired) electrons. The maximum atomic E-state index is 12.3. The first-order valence-corrected chi connectivity index (χ1v) is 8.01. The summed E-state index contributed by atoms with van der Waals surface area (Å²) in [5.74, 6) is -0.282. The van der Waals surface area contributed by atoms with Crippen molar-refractivity contribution in [1.29, 1.82) is 0 Å². The number of amides is 2. The molecule has 25 heavy (non-hydrogen) atoms. The van der Waals surface area contributed by atoms with Crippen LogP contribution in [0.4, 0.5) is 17.1 Å². The normalized spacial score (nSPS) is 15.6. The first-order valence-electron chi connectivity index (χ1n) is 7.22.